The first-order chi connectivity index (χ1) is 10.8. The van der Waals surface area contributed by atoms with Gasteiger partial charge >= 0.3 is 0 Å². The van der Waals surface area contributed by atoms with Crippen LogP contribution in [0, 0.1) is 0 Å². The number of piperazine rings is 1. The monoisotopic (exact) mass is 334 g/mol. The molecule has 0 atom stereocenters. The molecule has 0 unspecified atom stereocenters. The molecule has 1 aromatic carbocycles. The summed E-state index contributed by atoms with van der Waals surface area (Å²) < 4.78 is 5.19. The molecule has 23 heavy (non-hydrogen) atoms. The lowest BCUT2D eigenvalue weighted by atomic mass is 10.1. The van der Waals surface area contributed by atoms with E-state index in [-0.39, 0.29) is 18.3 Å². The maximum Gasteiger partial charge on any atom is 0.289 e. The van der Waals surface area contributed by atoms with E-state index in [2.05, 4.69) is 36.1 Å². The minimum Gasteiger partial charge on any atom is -0.459 e. The molecule has 1 aliphatic heterocycles. The number of aryl methyl sites for hydroxylation is 1. The lowest BCUT2D eigenvalue weighted by Gasteiger charge is -2.34. The highest BCUT2D eigenvalue weighted by Gasteiger charge is 2.23. The summed E-state index contributed by atoms with van der Waals surface area (Å²) in [4.78, 5) is 16.5. The van der Waals surface area contributed by atoms with Crippen molar-refractivity contribution >= 4 is 18.3 Å². The molecular formula is C18H23ClN2O2. The summed E-state index contributed by atoms with van der Waals surface area (Å²) in [6.07, 6.45) is 2.62. The Morgan fingerprint density at radius 3 is 2.26 bits per heavy atom. The van der Waals surface area contributed by atoms with Gasteiger partial charge in [-0.25, -0.2) is 0 Å². The molecule has 124 valence electrons. The molecule has 5 heteroatoms. The second-order valence-electron chi connectivity index (χ2n) is 5.72. The van der Waals surface area contributed by atoms with E-state index in [0.717, 1.165) is 39.1 Å². The number of amides is 1. The van der Waals surface area contributed by atoms with Gasteiger partial charge in [-0.2, -0.15) is 0 Å². The summed E-state index contributed by atoms with van der Waals surface area (Å²) in [7, 11) is 0. The van der Waals surface area contributed by atoms with Gasteiger partial charge in [-0.1, -0.05) is 31.2 Å². The quantitative estimate of drug-likeness (QED) is 0.861. The van der Waals surface area contributed by atoms with Gasteiger partial charge in [-0.15, -0.1) is 12.4 Å². The molecule has 0 bridgehead atoms. The van der Waals surface area contributed by atoms with Crippen molar-refractivity contribution in [1.29, 1.82) is 0 Å². The van der Waals surface area contributed by atoms with Crippen LogP contribution < -0.4 is 0 Å². The van der Waals surface area contributed by atoms with Gasteiger partial charge in [0.25, 0.3) is 5.91 Å². The van der Waals surface area contributed by atoms with E-state index in [9.17, 15) is 4.79 Å². The van der Waals surface area contributed by atoms with Crippen LogP contribution in [-0.2, 0) is 13.0 Å². The van der Waals surface area contributed by atoms with Crippen molar-refractivity contribution in [3.8, 4) is 0 Å². The highest BCUT2D eigenvalue weighted by Crippen LogP contribution is 2.13. The van der Waals surface area contributed by atoms with Gasteiger partial charge in [0.2, 0.25) is 0 Å². The molecule has 1 saturated heterocycles. The van der Waals surface area contributed by atoms with E-state index in [0.29, 0.717) is 5.76 Å². The third-order valence-corrected chi connectivity index (χ3v) is 4.23. The van der Waals surface area contributed by atoms with Crippen LogP contribution in [0.3, 0.4) is 0 Å². The second kappa shape index (κ2) is 8.18. The Kier molecular flexibility index (Phi) is 6.25. The number of carbonyl (C=O) groups is 1. The molecule has 0 saturated carbocycles. The van der Waals surface area contributed by atoms with Crippen molar-refractivity contribution in [2.24, 2.45) is 0 Å². The average Bonchev–Trinajstić information content (AvgIpc) is 3.10. The lowest BCUT2D eigenvalue weighted by molar-refractivity contribution is 0.0598. The fraction of sp³-hybridized carbons (Fsp3) is 0.389. The average molecular weight is 335 g/mol. The number of carbonyl (C=O) groups excluding carboxylic acids is 1. The van der Waals surface area contributed by atoms with Gasteiger partial charge in [-0.3, -0.25) is 9.69 Å². The van der Waals surface area contributed by atoms with E-state index in [1.54, 1.807) is 18.4 Å². The zero-order valence-corrected chi connectivity index (χ0v) is 14.2. The standard InChI is InChI=1S/C18H22N2O2.ClH/c1-2-15-5-7-16(8-6-15)14-19-9-11-20(12-10-19)18(21)17-4-3-13-22-17;/h3-8,13H,2,9-12,14H2,1H3;1H. The van der Waals surface area contributed by atoms with Crippen LogP contribution in [0.25, 0.3) is 0 Å². The summed E-state index contributed by atoms with van der Waals surface area (Å²) in [5.74, 6) is 0.431. The van der Waals surface area contributed by atoms with Crippen molar-refractivity contribution in [3.05, 3.63) is 59.5 Å². The van der Waals surface area contributed by atoms with Gasteiger partial charge in [0, 0.05) is 32.7 Å². The Hall–Kier alpha value is -1.78. The zero-order chi connectivity index (χ0) is 15.4. The predicted molar refractivity (Wildman–Crippen MR) is 93.0 cm³/mol. The first kappa shape index (κ1) is 17.6. The summed E-state index contributed by atoms with van der Waals surface area (Å²) in [6, 6.07) is 12.3. The topological polar surface area (TPSA) is 36.7 Å². The number of hydrogen-bond acceptors (Lipinski definition) is 3. The lowest BCUT2D eigenvalue weighted by Crippen LogP contribution is -2.48. The highest BCUT2D eigenvalue weighted by molar-refractivity contribution is 5.91. The fourth-order valence-electron chi connectivity index (χ4n) is 2.80. The molecule has 0 radical (unpaired) electrons. The molecule has 1 aromatic heterocycles. The van der Waals surface area contributed by atoms with Gasteiger partial charge in [0.1, 0.15) is 0 Å². The zero-order valence-electron chi connectivity index (χ0n) is 13.4. The first-order valence-electron chi connectivity index (χ1n) is 7.89. The third kappa shape index (κ3) is 4.36. The van der Waals surface area contributed by atoms with E-state index in [1.165, 1.54) is 11.1 Å². The summed E-state index contributed by atoms with van der Waals surface area (Å²) in [5.41, 5.74) is 2.71. The Balaban J connectivity index is 0.00000192. The van der Waals surface area contributed by atoms with Crippen LogP contribution in [0.5, 0.6) is 0 Å². The van der Waals surface area contributed by atoms with E-state index < -0.39 is 0 Å². The molecule has 1 amide bonds. The molecule has 1 aliphatic rings. The smallest absolute Gasteiger partial charge is 0.289 e. The molecule has 2 aromatic rings. The van der Waals surface area contributed by atoms with Crippen LogP contribution in [0.15, 0.2) is 47.1 Å². The van der Waals surface area contributed by atoms with Gasteiger partial charge < -0.3 is 9.32 Å². The van der Waals surface area contributed by atoms with E-state index >= 15 is 0 Å². The SMILES string of the molecule is CCc1ccc(CN2CCN(C(=O)c3ccco3)CC2)cc1.Cl. The summed E-state index contributed by atoms with van der Waals surface area (Å²) >= 11 is 0. The molecule has 2 heterocycles. The van der Waals surface area contributed by atoms with Gasteiger partial charge in [0.05, 0.1) is 6.26 Å². The largest absolute Gasteiger partial charge is 0.459 e. The number of benzene rings is 1. The molecule has 0 aliphatic carbocycles. The molecule has 3 rings (SSSR count). The summed E-state index contributed by atoms with van der Waals surface area (Å²) in [5, 5.41) is 0. The van der Waals surface area contributed by atoms with Crippen LogP contribution in [0.1, 0.15) is 28.6 Å². The molecule has 4 nitrogen and oxygen atoms in total. The maximum absolute atomic E-state index is 12.2. The van der Waals surface area contributed by atoms with Crippen molar-refractivity contribution in [2.45, 2.75) is 19.9 Å². The number of furan rings is 1. The van der Waals surface area contributed by atoms with Gasteiger partial charge in [0.15, 0.2) is 5.76 Å². The maximum atomic E-state index is 12.2. The molecule has 1 fully saturated rings. The van der Waals surface area contributed by atoms with Crippen LogP contribution >= 0.6 is 12.4 Å². The Bertz CT molecular complexity index is 602. The van der Waals surface area contributed by atoms with E-state index in [4.69, 9.17) is 4.42 Å². The van der Waals surface area contributed by atoms with Crippen LogP contribution in [0.2, 0.25) is 0 Å². The van der Waals surface area contributed by atoms with Crippen molar-refractivity contribution < 1.29 is 9.21 Å². The number of nitrogens with zero attached hydrogens (tertiary/aromatic N) is 2. The molecule has 0 spiro atoms. The van der Waals surface area contributed by atoms with Gasteiger partial charge in [-0.05, 0) is 29.7 Å². The minimum absolute atomic E-state index is 0. The summed E-state index contributed by atoms with van der Waals surface area (Å²) in [6.45, 7) is 6.44. The Morgan fingerprint density at radius 2 is 1.70 bits per heavy atom. The second-order valence-corrected chi connectivity index (χ2v) is 5.72. The van der Waals surface area contributed by atoms with Crippen molar-refractivity contribution in [2.75, 3.05) is 26.2 Å². The normalized spacial score (nSPS) is 15.3. The van der Waals surface area contributed by atoms with Crippen LogP contribution in [-0.4, -0.2) is 41.9 Å². The van der Waals surface area contributed by atoms with Crippen molar-refractivity contribution in [1.82, 2.24) is 9.80 Å². The van der Waals surface area contributed by atoms with Crippen LogP contribution in [0.4, 0.5) is 0 Å². The molecule has 0 N–H and O–H groups in total. The van der Waals surface area contributed by atoms with Crippen molar-refractivity contribution in [3.63, 3.8) is 0 Å². The van der Waals surface area contributed by atoms with E-state index in [1.807, 2.05) is 4.90 Å². The highest BCUT2D eigenvalue weighted by atomic mass is 35.5. The molecular weight excluding hydrogens is 312 g/mol. The fourth-order valence-corrected chi connectivity index (χ4v) is 2.80. The Morgan fingerprint density at radius 1 is 1.04 bits per heavy atom. The number of rotatable bonds is 4. The predicted octanol–water partition coefficient (Wildman–Crippen LogP) is 3.22. The number of halogens is 1. The first-order valence-corrected chi connectivity index (χ1v) is 7.89. The number of hydrogen-bond donors (Lipinski definition) is 0. The minimum atomic E-state index is -0.00283. The Labute approximate surface area is 143 Å². The third-order valence-electron chi connectivity index (χ3n) is 4.23.